The van der Waals surface area contributed by atoms with Gasteiger partial charge in [-0.1, -0.05) is 0 Å². The van der Waals surface area contributed by atoms with E-state index < -0.39 is 0 Å². The van der Waals surface area contributed by atoms with Crippen molar-refractivity contribution < 1.29 is 4.42 Å². The summed E-state index contributed by atoms with van der Waals surface area (Å²) in [5, 5.41) is 3.11. The van der Waals surface area contributed by atoms with E-state index in [0.717, 1.165) is 36.1 Å². The molecule has 0 aromatic carbocycles. The van der Waals surface area contributed by atoms with Gasteiger partial charge < -0.3 is 9.73 Å². The van der Waals surface area contributed by atoms with Gasteiger partial charge in [-0.2, -0.15) is 0 Å². The summed E-state index contributed by atoms with van der Waals surface area (Å²) in [6.07, 6.45) is 9.29. The van der Waals surface area contributed by atoms with Crippen molar-refractivity contribution in [2.45, 2.75) is 44.6 Å². The summed E-state index contributed by atoms with van der Waals surface area (Å²) in [4.78, 5) is 4.41. The third-order valence-corrected chi connectivity index (χ3v) is 5.45. The highest BCUT2D eigenvalue weighted by Gasteiger charge is 2.49. The van der Waals surface area contributed by atoms with E-state index in [0.29, 0.717) is 5.92 Å². The van der Waals surface area contributed by atoms with Gasteiger partial charge in [0, 0.05) is 5.92 Å². The second kappa shape index (κ2) is 4.09. The standard InChI is InChI=1S/C15H22N2O/c1-16-8-14-17-7-13(18-14)15-11-3-9-2-10(5-11)6-12(15)4-9/h7,9-12,15-16H,2-6,8H2,1H3. The van der Waals surface area contributed by atoms with E-state index in [1.807, 2.05) is 13.2 Å². The molecule has 0 aliphatic heterocycles. The third kappa shape index (κ3) is 1.63. The van der Waals surface area contributed by atoms with Gasteiger partial charge in [0.2, 0.25) is 5.89 Å². The van der Waals surface area contributed by atoms with Crippen LogP contribution in [0.2, 0.25) is 0 Å². The fraction of sp³-hybridized carbons (Fsp3) is 0.800. The predicted molar refractivity (Wildman–Crippen MR) is 69.1 cm³/mol. The average molecular weight is 246 g/mol. The van der Waals surface area contributed by atoms with Crippen molar-refractivity contribution in [3.05, 3.63) is 17.8 Å². The molecule has 4 bridgehead atoms. The Morgan fingerprint density at radius 1 is 1.17 bits per heavy atom. The molecular weight excluding hydrogens is 224 g/mol. The van der Waals surface area contributed by atoms with Crippen LogP contribution < -0.4 is 5.32 Å². The average Bonchev–Trinajstić information content (AvgIpc) is 2.76. The van der Waals surface area contributed by atoms with Crippen LogP contribution in [0.4, 0.5) is 0 Å². The number of nitrogens with zero attached hydrogens (tertiary/aromatic N) is 1. The molecule has 0 saturated heterocycles. The molecular formula is C15H22N2O. The van der Waals surface area contributed by atoms with E-state index in [9.17, 15) is 0 Å². The number of rotatable bonds is 3. The maximum Gasteiger partial charge on any atom is 0.208 e. The van der Waals surface area contributed by atoms with Gasteiger partial charge in [-0.25, -0.2) is 4.98 Å². The molecule has 0 atom stereocenters. The fourth-order valence-corrected chi connectivity index (χ4v) is 5.10. The van der Waals surface area contributed by atoms with Crippen LogP contribution in [0.25, 0.3) is 0 Å². The minimum atomic E-state index is 0.677. The lowest BCUT2D eigenvalue weighted by Crippen LogP contribution is -2.43. The molecule has 0 spiro atoms. The summed E-state index contributed by atoms with van der Waals surface area (Å²) in [5.74, 6) is 6.53. The minimum Gasteiger partial charge on any atom is -0.444 e. The Kier molecular flexibility index (Phi) is 2.51. The molecule has 1 aromatic rings. The first kappa shape index (κ1) is 11.0. The maximum absolute atomic E-state index is 5.98. The van der Waals surface area contributed by atoms with Crippen LogP contribution in [-0.4, -0.2) is 12.0 Å². The molecule has 1 aromatic heterocycles. The Labute approximate surface area is 108 Å². The van der Waals surface area contributed by atoms with Gasteiger partial charge in [0.05, 0.1) is 12.7 Å². The Hall–Kier alpha value is -0.830. The van der Waals surface area contributed by atoms with Gasteiger partial charge in [-0.05, 0) is 62.8 Å². The smallest absolute Gasteiger partial charge is 0.208 e. The minimum absolute atomic E-state index is 0.677. The molecule has 4 aliphatic rings. The Morgan fingerprint density at radius 2 is 1.83 bits per heavy atom. The van der Waals surface area contributed by atoms with Gasteiger partial charge in [-0.3, -0.25) is 0 Å². The highest BCUT2D eigenvalue weighted by atomic mass is 16.4. The van der Waals surface area contributed by atoms with E-state index in [2.05, 4.69) is 10.3 Å². The van der Waals surface area contributed by atoms with Crippen molar-refractivity contribution in [1.29, 1.82) is 0 Å². The van der Waals surface area contributed by atoms with Crippen LogP contribution >= 0.6 is 0 Å². The zero-order valence-corrected chi connectivity index (χ0v) is 11.1. The number of oxazole rings is 1. The van der Waals surface area contributed by atoms with Crippen LogP contribution in [0.15, 0.2) is 10.6 Å². The van der Waals surface area contributed by atoms with E-state index >= 15 is 0 Å². The van der Waals surface area contributed by atoms with E-state index in [-0.39, 0.29) is 0 Å². The Bertz CT molecular complexity index is 411. The van der Waals surface area contributed by atoms with Crippen molar-refractivity contribution in [2.75, 3.05) is 7.05 Å². The molecule has 1 N–H and O–H groups in total. The molecule has 3 heteroatoms. The Balaban J connectivity index is 1.60. The van der Waals surface area contributed by atoms with E-state index in [4.69, 9.17) is 4.42 Å². The molecule has 5 rings (SSSR count). The van der Waals surface area contributed by atoms with E-state index in [1.165, 1.54) is 37.9 Å². The first-order valence-electron chi connectivity index (χ1n) is 7.42. The van der Waals surface area contributed by atoms with Crippen LogP contribution in [-0.2, 0) is 6.54 Å². The van der Waals surface area contributed by atoms with E-state index in [1.54, 1.807) is 0 Å². The molecule has 4 fully saturated rings. The lowest BCUT2D eigenvalue weighted by molar-refractivity contribution is -0.00993. The second-order valence-corrected chi connectivity index (χ2v) is 6.64. The molecule has 1 heterocycles. The largest absolute Gasteiger partial charge is 0.444 e. The number of nitrogens with one attached hydrogen (secondary N) is 1. The van der Waals surface area contributed by atoms with Crippen LogP contribution in [0.5, 0.6) is 0 Å². The summed E-state index contributed by atoms with van der Waals surface area (Å²) in [6, 6.07) is 0. The van der Waals surface area contributed by atoms with Crippen molar-refractivity contribution in [3.8, 4) is 0 Å². The number of aromatic nitrogens is 1. The molecule has 0 radical (unpaired) electrons. The van der Waals surface area contributed by atoms with Gasteiger partial charge >= 0.3 is 0 Å². The lowest BCUT2D eigenvalue weighted by atomic mass is 9.51. The van der Waals surface area contributed by atoms with Crippen LogP contribution in [0.3, 0.4) is 0 Å². The molecule has 4 saturated carbocycles. The zero-order valence-electron chi connectivity index (χ0n) is 11.1. The topological polar surface area (TPSA) is 38.1 Å². The zero-order chi connectivity index (χ0) is 12.1. The molecule has 4 aliphatic carbocycles. The number of hydrogen-bond acceptors (Lipinski definition) is 3. The summed E-state index contributed by atoms with van der Waals surface area (Å²) in [6.45, 7) is 0.743. The van der Waals surface area contributed by atoms with Crippen molar-refractivity contribution in [3.63, 3.8) is 0 Å². The van der Waals surface area contributed by atoms with Crippen LogP contribution in [0, 0.1) is 23.7 Å². The maximum atomic E-state index is 5.98. The summed E-state index contributed by atoms with van der Waals surface area (Å²) in [5.41, 5.74) is 0. The predicted octanol–water partition coefficient (Wildman–Crippen LogP) is 2.93. The van der Waals surface area contributed by atoms with Gasteiger partial charge in [0.25, 0.3) is 0 Å². The van der Waals surface area contributed by atoms with Gasteiger partial charge in [0.1, 0.15) is 5.76 Å². The van der Waals surface area contributed by atoms with Crippen molar-refractivity contribution >= 4 is 0 Å². The lowest BCUT2D eigenvalue weighted by Gasteiger charge is -2.53. The van der Waals surface area contributed by atoms with Crippen molar-refractivity contribution in [2.24, 2.45) is 23.7 Å². The van der Waals surface area contributed by atoms with Crippen LogP contribution in [0.1, 0.15) is 49.7 Å². The van der Waals surface area contributed by atoms with Gasteiger partial charge in [0.15, 0.2) is 0 Å². The summed E-state index contributed by atoms with van der Waals surface area (Å²) >= 11 is 0. The molecule has 0 unspecified atom stereocenters. The molecule has 3 nitrogen and oxygen atoms in total. The monoisotopic (exact) mass is 246 g/mol. The normalized spacial score (nSPS) is 41.5. The highest BCUT2D eigenvalue weighted by Crippen LogP contribution is 2.59. The third-order valence-electron chi connectivity index (χ3n) is 5.45. The number of hydrogen-bond donors (Lipinski definition) is 1. The summed E-state index contributed by atoms with van der Waals surface area (Å²) < 4.78 is 5.98. The van der Waals surface area contributed by atoms with Gasteiger partial charge in [-0.15, -0.1) is 0 Å². The quantitative estimate of drug-likeness (QED) is 0.891. The molecule has 98 valence electrons. The Morgan fingerprint density at radius 3 is 2.44 bits per heavy atom. The fourth-order valence-electron chi connectivity index (χ4n) is 5.10. The second-order valence-electron chi connectivity index (χ2n) is 6.64. The highest BCUT2D eigenvalue weighted by molar-refractivity contribution is 5.13. The summed E-state index contributed by atoms with van der Waals surface area (Å²) in [7, 11) is 1.94. The first-order chi connectivity index (χ1) is 8.83. The van der Waals surface area contributed by atoms with Crippen molar-refractivity contribution in [1.82, 2.24) is 10.3 Å². The first-order valence-corrected chi connectivity index (χ1v) is 7.42. The molecule has 0 amide bonds. The SMILES string of the molecule is CNCc1ncc(C2C3CC4CC(C3)CC2C4)o1. The molecule has 18 heavy (non-hydrogen) atoms.